The SMILES string of the molecule is CCN(CC)c1ccc([C@@H]2C3=C(C[C@@H](C)CC3=O)Nc3nc(C)nn32)cc1. The van der Waals surface area contributed by atoms with Gasteiger partial charge in [0, 0.05) is 36.5 Å². The molecule has 0 radical (unpaired) electrons. The lowest BCUT2D eigenvalue weighted by atomic mass is 9.81. The molecule has 0 bridgehead atoms. The van der Waals surface area contributed by atoms with Gasteiger partial charge in [0.05, 0.1) is 0 Å². The van der Waals surface area contributed by atoms with Gasteiger partial charge >= 0.3 is 0 Å². The number of fused-ring (bicyclic) bond motifs is 1. The number of aromatic nitrogens is 3. The molecule has 0 unspecified atom stereocenters. The summed E-state index contributed by atoms with van der Waals surface area (Å²) >= 11 is 0. The number of aryl methyl sites for hydroxylation is 1. The second-order valence-electron chi connectivity index (χ2n) is 7.55. The van der Waals surface area contributed by atoms with Crippen molar-refractivity contribution < 1.29 is 4.79 Å². The maximum atomic E-state index is 12.9. The molecular formula is C21H27N5O. The van der Waals surface area contributed by atoms with Gasteiger partial charge in [0.25, 0.3) is 0 Å². The zero-order chi connectivity index (χ0) is 19.1. The smallest absolute Gasteiger partial charge is 0.226 e. The average molecular weight is 365 g/mol. The number of hydrogen-bond donors (Lipinski definition) is 1. The Kier molecular flexibility index (Phi) is 4.50. The number of benzene rings is 1. The van der Waals surface area contributed by atoms with Crippen molar-refractivity contribution in [2.45, 2.75) is 46.6 Å². The van der Waals surface area contributed by atoms with Gasteiger partial charge in [0.2, 0.25) is 5.95 Å². The molecule has 0 saturated heterocycles. The molecule has 2 aromatic rings. The number of Topliss-reactive ketones (excluding diaryl/α,β-unsaturated/α-hetero) is 1. The maximum Gasteiger partial charge on any atom is 0.226 e. The van der Waals surface area contributed by atoms with Crippen LogP contribution in [0.15, 0.2) is 35.5 Å². The Morgan fingerprint density at radius 2 is 1.89 bits per heavy atom. The minimum atomic E-state index is -0.205. The van der Waals surface area contributed by atoms with Crippen molar-refractivity contribution in [1.82, 2.24) is 14.8 Å². The highest BCUT2D eigenvalue weighted by Crippen LogP contribution is 2.41. The average Bonchev–Trinajstić information content (AvgIpc) is 3.01. The van der Waals surface area contributed by atoms with Gasteiger partial charge in [-0.05, 0) is 50.8 Å². The van der Waals surface area contributed by atoms with Gasteiger partial charge in [0.1, 0.15) is 11.9 Å². The van der Waals surface area contributed by atoms with E-state index in [0.29, 0.717) is 18.2 Å². The van der Waals surface area contributed by atoms with Crippen LogP contribution in [0.3, 0.4) is 0 Å². The summed E-state index contributed by atoms with van der Waals surface area (Å²) in [6, 6.07) is 8.33. The van der Waals surface area contributed by atoms with Crippen LogP contribution in [0.25, 0.3) is 0 Å². The van der Waals surface area contributed by atoms with E-state index in [1.807, 2.05) is 11.6 Å². The highest BCUT2D eigenvalue weighted by molar-refractivity contribution is 5.99. The summed E-state index contributed by atoms with van der Waals surface area (Å²) in [4.78, 5) is 19.8. The summed E-state index contributed by atoms with van der Waals surface area (Å²) in [5.74, 6) is 2.01. The Bertz CT molecular complexity index is 892. The standard InChI is InChI=1S/C21H27N5O/c1-5-25(6-2)16-9-7-15(8-10-16)20-19-17(11-13(3)12-18(19)27)23-21-22-14(4)24-26(20)21/h7-10,13,20H,5-6,11-12H2,1-4H3,(H,22,23,24)/t13-,20-/m1/s1. The second-order valence-corrected chi connectivity index (χ2v) is 7.55. The molecule has 1 aromatic carbocycles. The first-order valence-corrected chi connectivity index (χ1v) is 9.83. The monoisotopic (exact) mass is 365 g/mol. The summed E-state index contributed by atoms with van der Waals surface area (Å²) in [7, 11) is 0. The highest BCUT2D eigenvalue weighted by atomic mass is 16.1. The normalized spacial score (nSPS) is 21.6. The Balaban J connectivity index is 1.80. The molecule has 1 aromatic heterocycles. The number of carbonyl (C=O) groups is 1. The molecule has 1 aliphatic carbocycles. The summed E-state index contributed by atoms with van der Waals surface area (Å²) in [5.41, 5.74) is 4.14. The number of nitrogens with one attached hydrogen (secondary N) is 1. The predicted octanol–water partition coefficient (Wildman–Crippen LogP) is 3.70. The summed E-state index contributed by atoms with van der Waals surface area (Å²) in [6.07, 6.45) is 1.47. The van der Waals surface area contributed by atoms with Crippen LogP contribution in [0, 0.1) is 12.8 Å². The molecule has 4 rings (SSSR count). The van der Waals surface area contributed by atoms with Gasteiger partial charge in [-0.15, -0.1) is 0 Å². The van der Waals surface area contributed by atoms with Crippen LogP contribution in [0.1, 0.15) is 51.0 Å². The Labute approximate surface area is 160 Å². The number of hydrogen-bond acceptors (Lipinski definition) is 5. The van der Waals surface area contributed by atoms with Gasteiger partial charge in [-0.3, -0.25) is 4.79 Å². The lowest BCUT2D eigenvalue weighted by Gasteiger charge is -2.34. The first-order chi connectivity index (χ1) is 13.0. The maximum absolute atomic E-state index is 12.9. The van der Waals surface area contributed by atoms with Crippen molar-refractivity contribution in [3.63, 3.8) is 0 Å². The fourth-order valence-electron chi connectivity index (χ4n) is 4.28. The molecule has 1 N–H and O–H groups in total. The van der Waals surface area contributed by atoms with E-state index in [1.165, 1.54) is 5.69 Å². The summed E-state index contributed by atoms with van der Waals surface area (Å²) in [6.45, 7) is 10.3. The second kappa shape index (κ2) is 6.83. The summed E-state index contributed by atoms with van der Waals surface area (Å²) < 4.78 is 1.87. The van der Waals surface area contributed by atoms with Crippen LogP contribution < -0.4 is 10.2 Å². The molecule has 0 saturated carbocycles. The van der Waals surface area contributed by atoms with Gasteiger partial charge in [0.15, 0.2) is 5.78 Å². The largest absolute Gasteiger partial charge is 0.372 e. The lowest BCUT2D eigenvalue weighted by molar-refractivity contribution is -0.117. The molecule has 2 atom stereocenters. The Morgan fingerprint density at radius 3 is 2.56 bits per heavy atom. The molecular weight excluding hydrogens is 338 g/mol. The molecule has 1 aliphatic heterocycles. The quantitative estimate of drug-likeness (QED) is 0.895. The molecule has 6 nitrogen and oxygen atoms in total. The van der Waals surface area contributed by atoms with Crippen LogP contribution >= 0.6 is 0 Å². The van der Waals surface area contributed by atoms with Crippen LogP contribution in [0.2, 0.25) is 0 Å². The van der Waals surface area contributed by atoms with Crippen molar-refractivity contribution in [3.8, 4) is 0 Å². The minimum absolute atomic E-state index is 0.205. The fourth-order valence-corrected chi connectivity index (χ4v) is 4.28. The third kappa shape index (κ3) is 3.03. The topological polar surface area (TPSA) is 63.1 Å². The minimum Gasteiger partial charge on any atom is -0.372 e. The third-order valence-corrected chi connectivity index (χ3v) is 5.57. The number of carbonyl (C=O) groups excluding carboxylic acids is 1. The summed E-state index contributed by atoms with van der Waals surface area (Å²) in [5, 5.41) is 7.96. The zero-order valence-corrected chi connectivity index (χ0v) is 16.5. The van der Waals surface area contributed by atoms with Crippen LogP contribution in [0.5, 0.6) is 0 Å². The van der Waals surface area contributed by atoms with Crippen molar-refractivity contribution >= 4 is 17.4 Å². The Morgan fingerprint density at radius 1 is 1.19 bits per heavy atom. The van der Waals surface area contributed by atoms with Crippen molar-refractivity contribution in [2.24, 2.45) is 5.92 Å². The van der Waals surface area contributed by atoms with E-state index in [4.69, 9.17) is 0 Å². The predicted molar refractivity (Wildman–Crippen MR) is 107 cm³/mol. The number of nitrogens with zero attached hydrogens (tertiary/aromatic N) is 4. The van der Waals surface area contributed by atoms with Crippen LogP contribution in [-0.4, -0.2) is 33.6 Å². The zero-order valence-electron chi connectivity index (χ0n) is 16.5. The highest BCUT2D eigenvalue weighted by Gasteiger charge is 2.38. The molecule has 6 heteroatoms. The molecule has 0 spiro atoms. The van der Waals surface area contributed by atoms with Gasteiger partial charge < -0.3 is 10.2 Å². The first-order valence-electron chi connectivity index (χ1n) is 9.83. The van der Waals surface area contributed by atoms with Crippen molar-refractivity contribution in [1.29, 1.82) is 0 Å². The van der Waals surface area contributed by atoms with E-state index in [2.05, 4.69) is 65.3 Å². The first kappa shape index (κ1) is 17.8. The molecule has 2 aliphatic rings. The Hall–Kier alpha value is -2.63. The number of ketones is 1. The van der Waals surface area contributed by atoms with E-state index in [-0.39, 0.29) is 11.8 Å². The fraction of sp³-hybridized carbons (Fsp3) is 0.476. The van der Waals surface area contributed by atoms with E-state index < -0.39 is 0 Å². The van der Waals surface area contributed by atoms with E-state index in [1.54, 1.807) is 0 Å². The van der Waals surface area contributed by atoms with Crippen LogP contribution in [0.4, 0.5) is 11.6 Å². The number of rotatable bonds is 4. The van der Waals surface area contributed by atoms with Crippen molar-refractivity contribution in [2.75, 3.05) is 23.3 Å². The van der Waals surface area contributed by atoms with Crippen molar-refractivity contribution in [3.05, 3.63) is 46.9 Å². The van der Waals surface area contributed by atoms with E-state index >= 15 is 0 Å². The molecule has 0 fully saturated rings. The third-order valence-electron chi connectivity index (χ3n) is 5.57. The van der Waals surface area contributed by atoms with E-state index in [9.17, 15) is 4.79 Å². The molecule has 2 heterocycles. The van der Waals surface area contributed by atoms with E-state index in [0.717, 1.165) is 42.3 Å². The van der Waals surface area contributed by atoms with Gasteiger partial charge in [-0.25, -0.2) is 4.68 Å². The van der Waals surface area contributed by atoms with Crippen LogP contribution in [-0.2, 0) is 4.79 Å². The number of anilines is 2. The van der Waals surface area contributed by atoms with Gasteiger partial charge in [-0.1, -0.05) is 19.1 Å². The molecule has 142 valence electrons. The lowest BCUT2D eigenvalue weighted by Crippen LogP contribution is -2.33. The molecule has 27 heavy (non-hydrogen) atoms. The molecule has 0 amide bonds. The van der Waals surface area contributed by atoms with Gasteiger partial charge in [-0.2, -0.15) is 10.1 Å². The number of allylic oxidation sites excluding steroid dienone is 2.